The van der Waals surface area contributed by atoms with Crippen LogP contribution in [0.3, 0.4) is 0 Å². The first kappa shape index (κ1) is 8.68. The molecule has 0 aliphatic carbocycles. The molecule has 6 heteroatoms. The number of carbonyl (C=O) groups excluding carboxylic acids is 1. The van der Waals surface area contributed by atoms with Crippen molar-refractivity contribution >= 4 is 21.8 Å². The van der Waals surface area contributed by atoms with E-state index in [1.165, 1.54) is 0 Å². The Morgan fingerprint density at radius 3 is 3.00 bits per heavy atom. The summed E-state index contributed by atoms with van der Waals surface area (Å²) in [6.07, 6.45) is 0. The quantitative estimate of drug-likeness (QED) is 0.664. The summed E-state index contributed by atoms with van der Waals surface area (Å²) in [6.45, 7) is 3.58. The topological polar surface area (TPSA) is 51.0 Å². The molecule has 70 valence electrons. The van der Waals surface area contributed by atoms with Crippen molar-refractivity contribution in [1.82, 2.24) is 19.7 Å². The summed E-state index contributed by atoms with van der Waals surface area (Å²) in [5.41, 5.74) is 0. The zero-order chi connectivity index (χ0) is 9.42. The van der Waals surface area contributed by atoms with Crippen molar-refractivity contribution in [2.75, 3.05) is 6.54 Å². The molecule has 1 aromatic rings. The minimum absolute atomic E-state index is 0.0883. The summed E-state index contributed by atoms with van der Waals surface area (Å²) < 4.78 is 2.41. The van der Waals surface area contributed by atoms with Crippen LogP contribution in [0.2, 0.25) is 0 Å². The predicted molar refractivity (Wildman–Crippen MR) is 48.8 cm³/mol. The van der Waals surface area contributed by atoms with E-state index < -0.39 is 0 Å². The van der Waals surface area contributed by atoms with Crippen LogP contribution >= 0.6 is 15.9 Å². The Balaban J connectivity index is 2.24. The highest BCUT2D eigenvalue weighted by molar-refractivity contribution is 9.10. The fraction of sp³-hybridized carbons (Fsp3) is 0.571. The van der Waals surface area contributed by atoms with Gasteiger partial charge in [-0.15, -0.1) is 5.10 Å². The number of aromatic nitrogens is 3. The molecule has 5 nitrogen and oxygen atoms in total. The van der Waals surface area contributed by atoms with E-state index in [0.29, 0.717) is 11.3 Å². The van der Waals surface area contributed by atoms with Gasteiger partial charge < -0.3 is 4.90 Å². The lowest BCUT2D eigenvalue weighted by atomic mass is 10.3. The first-order chi connectivity index (χ1) is 6.16. The fourth-order valence-electron chi connectivity index (χ4n) is 1.37. The van der Waals surface area contributed by atoms with Crippen LogP contribution < -0.4 is 0 Å². The van der Waals surface area contributed by atoms with Crippen molar-refractivity contribution in [3.05, 3.63) is 10.6 Å². The molecule has 1 aromatic heterocycles. The number of amides is 1. The normalized spacial score (nSPS) is 15.7. The predicted octanol–water partition coefficient (Wildman–Crippen LogP) is 0.403. The maximum atomic E-state index is 11.1. The lowest BCUT2D eigenvalue weighted by molar-refractivity contribution is -0.130. The Morgan fingerprint density at radius 2 is 2.31 bits per heavy atom. The van der Waals surface area contributed by atoms with Crippen LogP contribution in [0.5, 0.6) is 0 Å². The summed E-state index contributed by atoms with van der Waals surface area (Å²) in [6, 6.07) is 0. The lowest BCUT2D eigenvalue weighted by Gasteiger charge is -2.25. The second-order valence-corrected chi connectivity index (χ2v) is 3.67. The van der Waals surface area contributed by atoms with Crippen molar-refractivity contribution in [3.8, 4) is 0 Å². The maximum absolute atomic E-state index is 11.1. The standard InChI is InChI=1S/C7H9BrN4O/c1-5(13)11-2-3-12-6(4-11)9-7(8)10-12/h2-4H2,1H3. The van der Waals surface area contributed by atoms with Crippen molar-refractivity contribution in [3.63, 3.8) is 0 Å². The zero-order valence-corrected chi connectivity index (χ0v) is 8.78. The molecule has 0 aromatic carbocycles. The molecular weight excluding hydrogens is 236 g/mol. The van der Waals surface area contributed by atoms with Crippen molar-refractivity contribution in [1.29, 1.82) is 0 Å². The minimum atomic E-state index is 0.0883. The lowest BCUT2D eigenvalue weighted by Crippen LogP contribution is -2.37. The molecule has 0 unspecified atom stereocenters. The number of nitrogens with zero attached hydrogens (tertiary/aromatic N) is 4. The Labute approximate surface area is 83.9 Å². The van der Waals surface area contributed by atoms with Gasteiger partial charge in [-0.3, -0.25) is 4.79 Å². The van der Waals surface area contributed by atoms with Crippen molar-refractivity contribution in [2.24, 2.45) is 0 Å². The molecule has 0 saturated heterocycles. The van der Waals surface area contributed by atoms with Crippen LogP contribution in [0, 0.1) is 0 Å². The number of fused-ring (bicyclic) bond motifs is 1. The molecule has 13 heavy (non-hydrogen) atoms. The molecule has 0 N–H and O–H groups in total. The van der Waals surface area contributed by atoms with Gasteiger partial charge in [0, 0.05) is 13.5 Å². The van der Waals surface area contributed by atoms with Crippen molar-refractivity contribution < 1.29 is 4.79 Å². The Hall–Kier alpha value is -0.910. The molecule has 0 fully saturated rings. The molecular formula is C7H9BrN4O. The molecule has 0 saturated carbocycles. The molecule has 1 amide bonds. The van der Waals surface area contributed by atoms with Gasteiger partial charge in [-0.05, 0) is 15.9 Å². The zero-order valence-electron chi connectivity index (χ0n) is 7.20. The van der Waals surface area contributed by atoms with E-state index in [1.807, 2.05) is 4.68 Å². The van der Waals surface area contributed by atoms with E-state index in [-0.39, 0.29) is 5.91 Å². The van der Waals surface area contributed by atoms with E-state index in [1.54, 1.807) is 11.8 Å². The Kier molecular flexibility index (Phi) is 2.07. The van der Waals surface area contributed by atoms with E-state index in [0.717, 1.165) is 18.9 Å². The Morgan fingerprint density at radius 1 is 1.54 bits per heavy atom. The number of hydrogen-bond acceptors (Lipinski definition) is 3. The minimum Gasteiger partial charge on any atom is -0.334 e. The van der Waals surface area contributed by atoms with Crippen LogP contribution in [0.25, 0.3) is 0 Å². The first-order valence-electron chi connectivity index (χ1n) is 4.01. The van der Waals surface area contributed by atoms with E-state index >= 15 is 0 Å². The van der Waals surface area contributed by atoms with Gasteiger partial charge in [0.2, 0.25) is 10.6 Å². The van der Waals surface area contributed by atoms with Crippen LogP contribution in [-0.2, 0) is 17.9 Å². The van der Waals surface area contributed by atoms with Gasteiger partial charge >= 0.3 is 0 Å². The number of rotatable bonds is 0. The second kappa shape index (κ2) is 3.10. The van der Waals surface area contributed by atoms with E-state index in [9.17, 15) is 4.79 Å². The average molecular weight is 245 g/mol. The monoisotopic (exact) mass is 244 g/mol. The highest BCUT2D eigenvalue weighted by Crippen LogP contribution is 2.12. The summed E-state index contributed by atoms with van der Waals surface area (Å²) in [5, 5.41) is 4.13. The number of carbonyl (C=O) groups is 1. The summed E-state index contributed by atoms with van der Waals surface area (Å²) in [4.78, 5) is 17.0. The van der Waals surface area contributed by atoms with Gasteiger partial charge in [-0.2, -0.15) is 0 Å². The molecule has 0 bridgehead atoms. The number of hydrogen-bond donors (Lipinski definition) is 0. The second-order valence-electron chi connectivity index (χ2n) is 2.96. The van der Waals surface area contributed by atoms with Crippen LogP contribution in [0.4, 0.5) is 0 Å². The third-order valence-electron chi connectivity index (χ3n) is 2.08. The maximum Gasteiger partial charge on any atom is 0.219 e. The van der Waals surface area contributed by atoms with Gasteiger partial charge in [0.05, 0.1) is 13.1 Å². The van der Waals surface area contributed by atoms with E-state index in [2.05, 4.69) is 26.0 Å². The Bertz CT molecular complexity index is 348. The molecule has 0 atom stereocenters. The van der Waals surface area contributed by atoms with Gasteiger partial charge in [0.15, 0.2) is 0 Å². The highest BCUT2D eigenvalue weighted by atomic mass is 79.9. The largest absolute Gasteiger partial charge is 0.334 e. The SMILES string of the molecule is CC(=O)N1CCn2nc(Br)nc2C1. The van der Waals surface area contributed by atoms with Crippen molar-refractivity contribution in [2.45, 2.75) is 20.0 Å². The molecule has 0 radical (unpaired) electrons. The highest BCUT2D eigenvalue weighted by Gasteiger charge is 2.20. The molecule has 1 aliphatic rings. The average Bonchev–Trinajstić information content (AvgIpc) is 2.42. The van der Waals surface area contributed by atoms with Crippen LogP contribution in [-0.4, -0.2) is 32.1 Å². The third-order valence-corrected chi connectivity index (χ3v) is 2.42. The smallest absolute Gasteiger partial charge is 0.219 e. The van der Waals surface area contributed by atoms with Gasteiger partial charge in [0.1, 0.15) is 5.82 Å². The summed E-state index contributed by atoms with van der Waals surface area (Å²) in [7, 11) is 0. The molecule has 2 rings (SSSR count). The fourth-order valence-corrected chi connectivity index (χ4v) is 1.77. The molecule has 1 aliphatic heterocycles. The summed E-state index contributed by atoms with van der Waals surface area (Å²) >= 11 is 3.20. The molecule has 2 heterocycles. The van der Waals surface area contributed by atoms with E-state index in [4.69, 9.17) is 0 Å². The van der Waals surface area contributed by atoms with Gasteiger partial charge in [-0.25, -0.2) is 9.67 Å². The van der Waals surface area contributed by atoms with Crippen LogP contribution in [0.1, 0.15) is 12.7 Å². The van der Waals surface area contributed by atoms with Gasteiger partial charge in [0.25, 0.3) is 0 Å². The number of halogens is 1. The summed E-state index contributed by atoms with van der Waals surface area (Å²) in [5.74, 6) is 0.929. The third kappa shape index (κ3) is 1.58. The van der Waals surface area contributed by atoms with Gasteiger partial charge in [-0.1, -0.05) is 0 Å². The van der Waals surface area contributed by atoms with Crippen LogP contribution in [0.15, 0.2) is 4.73 Å². The molecule has 0 spiro atoms. The first-order valence-corrected chi connectivity index (χ1v) is 4.81.